The molecule has 8 heteroatoms. The Morgan fingerprint density at radius 3 is 2.69 bits per heavy atom. The summed E-state index contributed by atoms with van der Waals surface area (Å²) < 4.78 is 6.55. The molecule has 0 radical (unpaired) electrons. The molecular weight excluding hydrogens is 444 g/mol. The molecule has 0 saturated heterocycles. The molecule has 2 amide bonds. The number of nitrogens with zero attached hydrogens (tertiary/aromatic N) is 3. The first kappa shape index (κ1) is 25.1. The van der Waals surface area contributed by atoms with Crippen LogP contribution >= 0.6 is 0 Å². The van der Waals surface area contributed by atoms with Crippen molar-refractivity contribution >= 4 is 17.5 Å². The lowest BCUT2D eigenvalue weighted by molar-refractivity contribution is -0.134. The van der Waals surface area contributed by atoms with Crippen LogP contribution in [0.4, 0.5) is 5.69 Å². The number of aromatic nitrogens is 1. The smallest absolute Gasteiger partial charge is 0.255 e. The standard InChI is InChI=1S/C27H36N4O4/c1-18-14-31(19(2)17-32)26(33)13-22-12-23(29-27(34)21-8-10-28-11-9-21)6-7-24(22)35-25(18)16-30(3)15-20-4-5-20/h6-12,18-20,25,32H,4-5,13-17H2,1-3H3,(H,29,34)/t18-,19+,25-/m1/s1. The predicted octanol–water partition coefficient (Wildman–Crippen LogP) is 2.82. The molecule has 2 heterocycles. The van der Waals surface area contributed by atoms with E-state index < -0.39 is 0 Å². The zero-order valence-corrected chi connectivity index (χ0v) is 20.8. The van der Waals surface area contributed by atoms with Gasteiger partial charge < -0.3 is 25.0 Å². The molecule has 3 atom stereocenters. The fourth-order valence-corrected chi connectivity index (χ4v) is 4.55. The molecule has 1 aromatic carbocycles. The van der Waals surface area contributed by atoms with Crippen LogP contribution in [-0.2, 0) is 11.2 Å². The molecule has 1 aromatic heterocycles. The van der Waals surface area contributed by atoms with E-state index in [2.05, 4.69) is 29.2 Å². The van der Waals surface area contributed by atoms with Crippen LogP contribution in [0.25, 0.3) is 0 Å². The molecular formula is C27H36N4O4. The number of hydrogen-bond acceptors (Lipinski definition) is 6. The molecule has 1 aliphatic heterocycles. The lowest BCUT2D eigenvalue weighted by atomic mass is 10.0. The van der Waals surface area contributed by atoms with Crippen molar-refractivity contribution in [2.75, 3.05) is 38.6 Å². The second-order valence-electron chi connectivity index (χ2n) is 10.1. The summed E-state index contributed by atoms with van der Waals surface area (Å²) in [6, 6.07) is 8.48. The molecule has 8 nitrogen and oxygen atoms in total. The third-order valence-corrected chi connectivity index (χ3v) is 6.88. The van der Waals surface area contributed by atoms with Crippen LogP contribution in [0.1, 0.15) is 42.6 Å². The number of hydrogen-bond donors (Lipinski definition) is 2. The van der Waals surface area contributed by atoms with Gasteiger partial charge in [0.25, 0.3) is 5.91 Å². The number of carbonyl (C=O) groups is 2. The highest BCUT2D eigenvalue weighted by Gasteiger charge is 2.32. The molecule has 2 aliphatic rings. The van der Waals surface area contributed by atoms with E-state index in [9.17, 15) is 14.7 Å². The minimum Gasteiger partial charge on any atom is -0.488 e. The highest BCUT2D eigenvalue weighted by Crippen LogP contribution is 2.31. The van der Waals surface area contributed by atoms with Gasteiger partial charge in [0.2, 0.25) is 5.91 Å². The van der Waals surface area contributed by atoms with Gasteiger partial charge in [-0.1, -0.05) is 6.92 Å². The van der Waals surface area contributed by atoms with E-state index in [0.717, 1.165) is 24.6 Å². The summed E-state index contributed by atoms with van der Waals surface area (Å²) in [5.41, 5.74) is 1.83. The Morgan fingerprint density at radius 1 is 1.26 bits per heavy atom. The largest absolute Gasteiger partial charge is 0.488 e. The van der Waals surface area contributed by atoms with E-state index in [1.807, 2.05) is 25.1 Å². The van der Waals surface area contributed by atoms with E-state index in [1.54, 1.807) is 29.4 Å². The molecule has 1 fully saturated rings. The van der Waals surface area contributed by atoms with Crippen molar-refractivity contribution in [2.24, 2.45) is 11.8 Å². The molecule has 2 N–H and O–H groups in total. The first-order valence-corrected chi connectivity index (χ1v) is 12.4. The second kappa shape index (κ2) is 11.2. The first-order valence-electron chi connectivity index (χ1n) is 12.4. The maximum absolute atomic E-state index is 13.3. The number of anilines is 1. The van der Waals surface area contributed by atoms with E-state index >= 15 is 0 Å². The summed E-state index contributed by atoms with van der Waals surface area (Å²) in [6.07, 6.45) is 5.75. The van der Waals surface area contributed by atoms with Crippen LogP contribution in [0.15, 0.2) is 42.7 Å². The van der Waals surface area contributed by atoms with Crippen molar-refractivity contribution in [3.05, 3.63) is 53.9 Å². The third kappa shape index (κ3) is 6.58. The minimum atomic E-state index is -0.286. The summed E-state index contributed by atoms with van der Waals surface area (Å²) >= 11 is 0. The van der Waals surface area contributed by atoms with Gasteiger partial charge in [-0.05, 0) is 63.1 Å². The van der Waals surface area contributed by atoms with Crippen LogP contribution in [0.2, 0.25) is 0 Å². The summed E-state index contributed by atoms with van der Waals surface area (Å²) in [6.45, 7) is 6.20. The summed E-state index contributed by atoms with van der Waals surface area (Å²) in [7, 11) is 2.12. The van der Waals surface area contributed by atoms with Gasteiger partial charge in [0.15, 0.2) is 0 Å². The van der Waals surface area contributed by atoms with E-state index in [-0.39, 0.29) is 42.9 Å². The van der Waals surface area contributed by atoms with Crippen molar-refractivity contribution < 1.29 is 19.4 Å². The van der Waals surface area contributed by atoms with Crippen LogP contribution in [0.5, 0.6) is 5.75 Å². The van der Waals surface area contributed by atoms with Gasteiger partial charge in [-0.2, -0.15) is 0 Å². The molecule has 0 bridgehead atoms. The van der Waals surface area contributed by atoms with Gasteiger partial charge in [0, 0.05) is 54.8 Å². The van der Waals surface area contributed by atoms with Crippen molar-refractivity contribution in [1.29, 1.82) is 0 Å². The number of amides is 2. The Balaban J connectivity index is 1.60. The molecule has 2 aromatic rings. The highest BCUT2D eigenvalue weighted by atomic mass is 16.5. The predicted molar refractivity (Wildman–Crippen MR) is 134 cm³/mol. The lowest BCUT2D eigenvalue weighted by Gasteiger charge is -2.34. The Kier molecular flexibility index (Phi) is 8.03. The van der Waals surface area contributed by atoms with Gasteiger partial charge in [-0.15, -0.1) is 0 Å². The van der Waals surface area contributed by atoms with Crippen LogP contribution in [-0.4, -0.2) is 77.1 Å². The van der Waals surface area contributed by atoms with Gasteiger partial charge in [0.05, 0.1) is 19.1 Å². The summed E-state index contributed by atoms with van der Waals surface area (Å²) in [5, 5.41) is 12.7. The molecule has 0 spiro atoms. The monoisotopic (exact) mass is 480 g/mol. The second-order valence-corrected chi connectivity index (χ2v) is 10.1. The molecule has 35 heavy (non-hydrogen) atoms. The van der Waals surface area contributed by atoms with Crippen LogP contribution < -0.4 is 10.1 Å². The van der Waals surface area contributed by atoms with E-state index in [4.69, 9.17) is 4.74 Å². The van der Waals surface area contributed by atoms with Gasteiger partial charge in [0.1, 0.15) is 11.9 Å². The summed E-state index contributed by atoms with van der Waals surface area (Å²) in [5.74, 6) is 1.21. The number of nitrogens with one attached hydrogen (secondary N) is 1. The molecule has 1 aliphatic carbocycles. The molecule has 1 saturated carbocycles. The average molecular weight is 481 g/mol. The number of aliphatic hydroxyl groups excluding tert-OH is 1. The van der Waals surface area contributed by atoms with Crippen molar-refractivity contribution in [3.8, 4) is 5.75 Å². The van der Waals surface area contributed by atoms with Crippen LogP contribution in [0.3, 0.4) is 0 Å². The molecule has 0 unspecified atom stereocenters. The quantitative estimate of drug-likeness (QED) is 0.603. The minimum absolute atomic E-state index is 0.0622. The Hall–Kier alpha value is -2.97. The summed E-state index contributed by atoms with van der Waals surface area (Å²) in [4.78, 5) is 34.0. The number of carbonyl (C=O) groups excluding carboxylic acids is 2. The van der Waals surface area contributed by atoms with Crippen molar-refractivity contribution in [3.63, 3.8) is 0 Å². The zero-order chi connectivity index (χ0) is 24.9. The third-order valence-electron chi connectivity index (χ3n) is 6.88. The highest BCUT2D eigenvalue weighted by molar-refractivity contribution is 6.04. The van der Waals surface area contributed by atoms with E-state index in [1.165, 1.54) is 12.8 Å². The van der Waals surface area contributed by atoms with Gasteiger partial charge in [-0.25, -0.2) is 0 Å². The average Bonchev–Trinajstić information content (AvgIpc) is 3.66. The molecule has 188 valence electrons. The number of fused-ring (bicyclic) bond motifs is 1. The number of pyridine rings is 1. The first-order chi connectivity index (χ1) is 16.8. The number of likely N-dealkylation sites (N-methyl/N-ethyl adjacent to an activating group) is 1. The van der Waals surface area contributed by atoms with Crippen LogP contribution in [0, 0.1) is 11.8 Å². The number of benzene rings is 1. The lowest BCUT2D eigenvalue weighted by Crippen LogP contribution is -2.47. The molecule has 4 rings (SSSR count). The fourth-order valence-electron chi connectivity index (χ4n) is 4.55. The Labute approximate surface area is 207 Å². The Bertz CT molecular complexity index is 1030. The van der Waals surface area contributed by atoms with Crippen molar-refractivity contribution in [2.45, 2.75) is 45.3 Å². The number of rotatable bonds is 8. The maximum Gasteiger partial charge on any atom is 0.255 e. The number of ether oxygens (including phenoxy) is 1. The Morgan fingerprint density at radius 2 is 2.00 bits per heavy atom. The maximum atomic E-state index is 13.3. The normalized spacial score (nSPS) is 21.4. The van der Waals surface area contributed by atoms with Gasteiger partial charge >= 0.3 is 0 Å². The topological polar surface area (TPSA) is 95.0 Å². The zero-order valence-electron chi connectivity index (χ0n) is 20.8. The fraction of sp³-hybridized carbons (Fsp3) is 0.519. The van der Waals surface area contributed by atoms with E-state index in [0.29, 0.717) is 23.5 Å². The van der Waals surface area contributed by atoms with Crippen molar-refractivity contribution in [1.82, 2.24) is 14.8 Å². The SMILES string of the molecule is C[C@@H]1CN([C@@H](C)CO)C(=O)Cc2cc(NC(=O)c3ccncc3)ccc2O[C@@H]1CN(C)CC1CC1. The number of aliphatic hydroxyl groups is 1. The van der Waals surface area contributed by atoms with Gasteiger partial charge in [-0.3, -0.25) is 14.6 Å².